The van der Waals surface area contributed by atoms with Gasteiger partial charge in [-0.15, -0.1) is 0 Å². The van der Waals surface area contributed by atoms with Crippen LogP contribution in [0.25, 0.3) is 10.9 Å². The molecule has 2 nitrogen and oxygen atoms in total. The van der Waals surface area contributed by atoms with Crippen LogP contribution in [0.5, 0.6) is 0 Å². The first-order valence-electron chi connectivity index (χ1n) is 5.91. The van der Waals surface area contributed by atoms with E-state index in [1.54, 1.807) is 0 Å². The molecule has 2 heterocycles. The van der Waals surface area contributed by atoms with Crippen molar-refractivity contribution in [3.63, 3.8) is 0 Å². The molecule has 0 saturated heterocycles. The van der Waals surface area contributed by atoms with Crippen molar-refractivity contribution < 1.29 is 0 Å². The largest absolute Gasteiger partial charge is 0.343 e. The number of nitriles is 1. The van der Waals surface area contributed by atoms with Gasteiger partial charge in [-0.1, -0.05) is 18.2 Å². The molecular weight excluding hydrogens is 196 g/mol. The van der Waals surface area contributed by atoms with E-state index in [0.29, 0.717) is 5.92 Å². The lowest BCUT2D eigenvalue weighted by Crippen LogP contribution is -2.09. The highest BCUT2D eigenvalue weighted by Gasteiger charge is 2.45. The second-order valence-electron chi connectivity index (χ2n) is 4.93. The molecule has 0 radical (unpaired) electrons. The van der Waals surface area contributed by atoms with Crippen LogP contribution in [0.4, 0.5) is 0 Å². The van der Waals surface area contributed by atoms with E-state index in [1.807, 2.05) is 6.07 Å². The van der Waals surface area contributed by atoms with Gasteiger partial charge in [-0.05, 0) is 24.8 Å². The minimum Gasteiger partial charge on any atom is -0.343 e. The third kappa shape index (κ3) is 0.869. The zero-order valence-corrected chi connectivity index (χ0v) is 8.98. The van der Waals surface area contributed by atoms with E-state index in [-0.39, 0.29) is 0 Å². The monoisotopic (exact) mass is 208 g/mol. The highest BCUT2D eigenvalue weighted by Crippen LogP contribution is 2.55. The smallest absolute Gasteiger partial charge is 0.102 e. The molecular formula is C14H12N2. The van der Waals surface area contributed by atoms with Crippen LogP contribution in [-0.2, 0) is 6.54 Å². The number of aromatic nitrogens is 1. The average Bonchev–Trinajstić information content (AvgIpc) is 3.05. The Bertz CT molecular complexity index is 630. The fourth-order valence-corrected chi connectivity index (χ4v) is 3.26. The second-order valence-corrected chi connectivity index (χ2v) is 4.93. The number of nitrogens with zero attached hydrogens (tertiary/aromatic N) is 2. The average molecular weight is 208 g/mol. The quantitative estimate of drug-likeness (QED) is 0.654. The summed E-state index contributed by atoms with van der Waals surface area (Å²) in [6, 6.07) is 10.7. The summed E-state index contributed by atoms with van der Waals surface area (Å²) in [5.41, 5.74) is 3.50. The maximum Gasteiger partial charge on any atom is 0.102 e. The lowest BCUT2D eigenvalue weighted by Gasteiger charge is -2.15. The van der Waals surface area contributed by atoms with Gasteiger partial charge in [0.15, 0.2) is 0 Å². The molecule has 16 heavy (non-hydrogen) atoms. The van der Waals surface area contributed by atoms with Crippen LogP contribution in [0, 0.1) is 17.2 Å². The number of rotatable bonds is 0. The number of hydrogen-bond donors (Lipinski definition) is 0. The molecule has 0 N–H and O–H groups in total. The van der Waals surface area contributed by atoms with Crippen LogP contribution in [0.2, 0.25) is 0 Å². The fraction of sp³-hybridized carbons (Fsp3) is 0.357. The zero-order chi connectivity index (χ0) is 10.7. The lowest BCUT2D eigenvalue weighted by atomic mass is 10.1. The van der Waals surface area contributed by atoms with Crippen LogP contribution < -0.4 is 0 Å². The van der Waals surface area contributed by atoms with Gasteiger partial charge >= 0.3 is 0 Å². The standard InChI is InChI=1S/C14H12N2/c15-8-12-10-3-1-2-4-13(10)16-6-5-9-7-11(9)14(12)16/h1-4,9,11H,5-7H2. The first kappa shape index (κ1) is 8.41. The first-order chi connectivity index (χ1) is 7.90. The van der Waals surface area contributed by atoms with E-state index in [2.05, 4.69) is 28.8 Å². The van der Waals surface area contributed by atoms with Crippen LogP contribution in [-0.4, -0.2) is 4.57 Å². The number of hydrogen-bond acceptors (Lipinski definition) is 1. The Morgan fingerprint density at radius 3 is 3.06 bits per heavy atom. The van der Waals surface area contributed by atoms with Crippen LogP contribution in [0.15, 0.2) is 24.3 Å². The number of para-hydroxylation sites is 1. The summed E-state index contributed by atoms with van der Waals surface area (Å²) in [5, 5.41) is 10.5. The van der Waals surface area contributed by atoms with E-state index in [0.717, 1.165) is 23.4 Å². The molecule has 0 spiro atoms. The maximum atomic E-state index is 9.35. The summed E-state index contributed by atoms with van der Waals surface area (Å²) in [4.78, 5) is 0. The molecule has 78 valence electrons. The Morgan fingerprint density at radius 1 is 1.31 bits per heavy atom. The highest BCUT2D eigenvalue weighted by molar-refractivity contribution is 5.88. The van der Waals surface area contributed by atoms with Gasteiger partial charge in [-0.3, -0.25) is 0 Å². The highest BCUT2D eigenvalue weighted by atomic mass is 15.0. The van der Waals surface area contributed by atoms with Crippen molar-refractivity contribution in [3.05, 3.63) is 35.5 Å². The topological polar surface area (TPSA) is 28.7 Å². The van der Waals surface area contributed by atoms with Gasteiger partial charge in [-0.2, -0.15) is 5.26 Å². The molecule has 1 saturated carbocycles. The van der Waals surface area contributed by atoms with Crippen LogP contribution in [0.1, 0.15) is 30.0 Å². The molecule has 2 unspecified atom stereocenters. The van der Waals surface area contributed by atoms with E-state index in [1.165, 1.54) is 24.1 Å². The van der Waals surface area contributed by atoms with Gasteiger partial charge < -0.3 is 4.57 Å². The van der Waals surface area contributed by atoms with Gasteiger partial charge in [0.05, 0.1) is 5.56 Å². The third-order valence-corrected chi connectivity index (χ3v) is 4.12. The number of fused-ring (bicyclic) bond motifs is 5. The molecule has 1 aliphatic carbocycles. The summed E-state index contributed by atoms with van der Waals surface area (Å²) in [6.45, 7) is 1.10. The lowest BCUT2D eigenvalue weighted by molar-refractivity contribution is 0.537. The van der Waals surface area contributed by atoms with Crippen LogP contribution >= 0.6 is 0 Å². The molecule has 2 aromatic rings. The third-order valence-electron chi connectivity index (χ3n) is 4.12. The fourth-order valence-electron chi connectivity index (χ4n) is 3.26. The molecule has 2 atom stereocenters. The zero-order valence-electron chi connectivity index (χ0n) is 8.98. The van der Waals surface area contributed by atoms with E-state index in [4.69, 9.17) is 0 Å². The predicted octanol–water partition coefficient (Wildman–Crippen LogP) is 3.02. The Morgan fingerprint density at radius 2 is 2.19 bits per heavy atom. The van der Waals surface area contributed by atoms with Crippen molar-refractivity contribution in [2.45, 2.75) is 25.3 Å². The summed E-state index contributed by atoms with van der Waals surface area (Å²) in [7, 11) is 0. The number of benzene rings is 1. The molecule has 0 bridgehead atoms. The predicted molar refractivity (Wildman–Crippen MR) is 62.1 cm³/mol. The van der Waals surface area contributed by atoms with E-state index < -0.39 is 0 Å². The molecule has 1 aromatic heterocycles. The molecule has 0 amide bonds. The Balaban J connectivity index is 2.15. The van der Waals surface area contributed by atoms with Crippen molar-refractivity contribution in [2.24, 2.45) is 5.92 Å². The summed E-state index contributed by atoms with van der Waals surface area (Å²) >= 11 is 0. The van der Waals surface area contributed by atoms with E-state index in [9.17, 15) is 5.26 Å². The Kier molecular flexibility index (Phi) is 1.41. The minimum absolute atomic E-state index is 0.677. The van der Waals surface area contributed by atoms with Gasteiger partial charge in [0.25, 0.3) is 0 Å². The van der Waals surface area contributed by atoms with Gasteiger partial charge in [0, 0.05) is 29.1 Å². The van der Waals surface area contributed by atoms with Crippen LogP contribution in [0.3, 0.4) is 0 Å². The maximum absolute atomic E-state index is 9.35. The molecule has 4 rings (SSSR count). The second kappa shape index (κ2) is 2.68. The molecule has 1 aromatic carbocycles. The summed E-state index contributed by atoms with van der Waals surface area (Å²) in [5.74, 6) is 1.54. The van der Waals surface area contributed by atoms with Gasteiger partial charge in [-0.25, -0.2) is 0 Å². The molecule has 2 aliphatic rings. The minimum atomic E-state index is 0.677. The molecule has 2 heteroatoms. The number of aryl methyl sites for hydroxylation is 1. The first-order valence-corrected chi connectivity index (χ1v) is 5.91. The summed E-state index contributed by atoms with van der Waals surface area (Å²) in [6.07, 6.45) is 2.59. The Hall–Kier alpha value is -1.75. The Labute approximate surface area is 94.1 Å². The van der Waals surface area contributed by atoms with Gasteiger partial charge in [0.2, 0.25) is 0 Å². The van der Waals surface area contributed by atoms with Crippen molar-refractivity contribution in [3.8, 4) is 6.07 Å². The van der Waals surface area contributed by atoms with Gasteiger partial charge in [0.1, 0.15) is 6.07 Å². The molecule has 1 aliphatic heterocycles. The van der Waals surface area contributed by atoms with Crippen molar-refractivity contribution in [1.82, 2.24) is 4.57 Å². The van der Waals surface area contributed by atoms with Crippen molar-refractivity contribution in [2.75, 3.05) is 0 Å². The SMILES string of the molecule is N#Cc1c2n(c3ccccc13)CCC1CC21. The van der Waals surface area contributed by atoms with Crippen molar-refractivity contribution >= 4 is 10.9 Å². The summed E-state index contributed by atoms with van der Waals surface area (Å²) < 4.78 is 2.38. The van der Waals surface area contributed by atoms with E-state index >= 15 is 0 Å². The molecule has 1 fully saturated rings. The van der Waals surface area contributed by atoms with Crippen molar-refractivity contribution in [1.29, 1.82) is 5.26 Å². The normalized spacial score (nSPS) is 25.9.